The Morgan fingerprint density at radius 3 is 2.61 bits per heavy atom. The number of hydrogen-bond donors (Lipinski definition) is 0. The van der Waals surface area contributed by atoms with E-state index in [-0.39, 0.29) is 5.91 Å². The van der Waals surface area contributed by atoms with Crippen LogP contribution in [-0.2, 0) is 17.6 Å². The van der Waals surface area contributed by atoms with Crippen LogP contribution in [0.15, 0.2) is 36.4 Å². The number of benzene rings is 2. The Morgan fingerprint density at radius 2 is 1.86 bits per heavy atom. The fourth-order valence-electron chi connectivity index (χ4n) is 3.83. The zero-order valence-electron chi connectivity index (χ0n) is 16.9. The number of carbonyl (C=O) groups is 1. The number of amides is 1. The highest BCUT2D eigenvalue weighted by molar-refractivity contribution is 7.22. The van der Waals surface area contributed by atoms with Gasteiger partial charge in [-0.1, -0.05) is 54.2 Å². The molecule has 1 amide bonds. The van der Waals surface area contributed by atoms with Gasteiger partial charge in [-0.2, -0.15) is 0 Å². The number of rotatable bonds is 4. The standard InChI is InChI=1S/C23H27N3OS/c1-4-18-6-5-7-20-22(18)24-23(28-20)26-12-10-25(11-13-26)21(27)15-19-14-16(2)8-9-17(19)3/h5-9,14H,4,10-13,15H2,1-3H3. The number of piperazine rings is 1. The van der Waals surface area contributed by atoms with Crippen LogP contribution in [0, 0.1) is 13.8 Å². The van der Waals surface area contributed by atoms with Crippen LogP contribution in [0.1, 0.15) is 29.2 Å². The van der Waals surface area contributed by atoms with E-state index in [2.05, 4.69) is 62.1 Å². The molecular formula is C23H27N3OS. The van der Waals surface area contributed by atoms with E-state index >= 15 is 0 Å². The highest BCUT2D eigenvalue weighted by Crippen LogP contribution is 2.31. The molecular weight excluding hydrogens is 366 g/mol. The molecule has 28 heavy (non-hydrogen) atoms. The van der Waals surface area contributed by atoms with Crippen LogP contribution >= 0.6 is 11.3 Å². The number of fused-ring (bicyclic) bond motifs is 1. The number of aromatic nitrogens is 1. The van der Waals surface area contributed by atoms with Crippen LogP contribution in [0.4, 0.5) is 5.13 Å². The van der Waals surface area contributed by atoms with Crippen molar-refractivity contribution < 1.29 is 4.79 Å². The molecule has 4 nitrogen and oxygen atoms in total. The molecule has 146 valence electrons. The molecule has 0 N–H and O–H groups in total. The van der Waals surface area contributed by atoms with Gasteiger partial charge in [-0.25, -0.2) is 4.98 Å². The summed E-state index contributed by atoms with van der Waals surface area (Å²) in [5, 5.41) is 1.08. The summed E-state index contributed by atoms with van der Waals surface area (Å²) in [4.78, 5) is 22.0. The maximum atomic E-state index is 12.8. The van der Waals surface area contributed by atoms with Crippen molar-refractivity contribution in [3.05, 3.63) is 58.7 Å². The van der Waals surface area contributed by atoms with Gasteiger partial charge in [0.2, 0.25) is 5.91 Å². The Hall–Kier alpha value is -2.40. The zero-order chi connectivity index (χ0) is 19.7. The summed E-state index contributed by atoms with van der Waals surface area (Å²) in [7, 11) is 0. The van der Waals surface area contributed by atoms with Crippen LogP contribution in [-0.4, -0.2) is 42.0 Å². The first kappa shape index (κ1) is 18.9. The van der Waals surface area contributed by atoms with Crippen molar-refractivity contribution >= 4 is 32.6 Å². The van der Waals surface area contributed by atoms with E-state index in [1.54, 1.807) is 11.3 Å². The van der Waals surface area contributed by atoms with Gasteiger partial charge in [0.05, 0.1) is 16.6 Å². The molecule has 1 aromatic heterocycles. The predicted octanol–water partition coefficient (Wildman–Crippen LogP) is 4.37. The smallest absolute Gasteiger partial charge is 0.227 e. The number of hydrogen-bond acceptors (Lipinski definition) is 4. The lowest BCUT2D eigenvalue weighted by molar-refractivity contribution is -0.130. The van der Waals surface area contributed by atoms with Gasteiger partial charge in [0, 0.05) is 26.2 Å². The summed E-state index contributed by atoms with van der Waals surface area (Å²) < 4.78 is 1.25. The first-order valence-electron chi connectivity index (χ1n) is 10.0. The van der Waals surface area contributed by atoms with Crippen LogP contribution in [0.2, 0.25) is 0 Å². The van der Waals surface area contributed by atoms with E-state index in [1.165, 1.54) is 21.4 Å². The maximum absolute atomic E-state index is 12.8. The molecule has 1 aliphatic rings. The minimum absolute atomic E-state index is 0.228. The lowest BCUT2D eigenvalue weighted by Crippen LogP contribution is -2.49. The molecule has 0 radical (unpaired) electrons. The molecule has 0 atom stereocenters. The van der Waals surface area contributed by atoms with Gasteiger partial charge in [-0.3, -0.25) is 4.79 Å². The molecule has 0 bridgehead atoms. The summed E-state index contributed by atoms with van der Waals surface area (Å²) in [6, 6.07) is 12.8. The second-order valence-electron chi connectivity index (χ2n) is 7.59. The van der Waals surface area contributed by atoms with Gasteiger partial charge in [0.15, 0.2) is 5.13 Å². The van der Waals surface area contributed by atoms with E-state index in [4.69, 9.17) is 4.98 Å². The molecule has 2 heterocycles. The lowest BCUT2D eigenvalue weighted by Gasteiger charge is -2.34. The Bertz CT molecular complexity index is 1000. The number of anilines is 1. The van der Waals surface area contributed by atoms with Gasteiger partial charge in [0.25, 0.3) is 0 Å². The second kappa shape index (κ2) is 7.92. The summed E-state index contributed by atoms with van der Waals surface area (Å²) in [5.74, 6) is 0.228. The number of thiazole rings is 1. The van der Waals surface area contributed by atoms with E-state index in [0.717, 1.165) is 48.8 Å². The number of carbonyl (C=O) groups excluding carboxylic acids is 1. The van der Waals surface area contributed by atoms with Gasteiger partial charge < -0.3 is 9.80 Å². The lowest BCUT2D eigenvalue weighted by atomic mass is 10.0. The first-order chi connectivity index (χ1) is 13.5. The van der Waals surface area contributed by atoms with Gasteiger partial charge in [-0.05, 0) is 43.0 Å². The quantitative estimate of drug-likeness (QED) is 0.660. The monoisotopic (exact) mass is 393 g/mol. The van der Waals surface area contributed by atoms with E-state index in [1.807, 2.05) is 4.90 Å². The molecule has 1 saturated heterocycles. The Kier molecular flexibility index (Phi) is 5.36. The van der Waals surface area contributed by atoms with Crippen LogP contribution in [0.25, 0.3) is 10.2 Å². The van der Waals surface area contributed by atoms with E-state index < -0.39 is 0 Å². The molecule has 0 unspecified atom stereocenters. The fourth-order valence-corrected chi connectivity index (χ4v) is 4.89. The molecule has 1 fully saturated rings. The largest absolute Gasteiger partial charge is 0.345 e. The number of nitrogens with zero attached hydrogens (tertiary/aromatic N) is 3. The third-order valence-corrected chi connectivity index (χ3v) is 6.70. The molecule has 3 aromatic rings. The average Bonchev–Trinajstić information content (AvgIpc) is 3.15. The molecule has 4 rings (SSSR count). The molecule has 0 spiro atoms. The summed E-state index contributed by atoms with van der Waals surface area (Å²) in [6.07, 6.45) is 1.50. The van der Waals surface area contributed by atoms with Crippen molar-refractivity contribution in [3.8, 4) is 0 Å². The van der Waals surface area contributed by atoms with Crippen molar-refractivity contribution in [2.45, 2.75) is 33.6 Å². The van der Waals surface area contributed by atoms with Crippen molar-refractivity contribution in [1.29, 1.82) is 0 Å². The summed E-state index contributed by atoms with van der Waals surface area (Å²) in [6.45, 7) is 9.56. The number of aryl methyl sites for hydroxylation is 3. The van der Waals surface area contributed by atoms with Gasteiger partial charge in [-0.15, -0.1) is 0 Å². The highest BCUT2D eigenvalue weighted by atomic mass is 32.1. The minimum Gasteiger partial charge on any atom is -0.345 e. The van der Waals surface area contributed by atoms with Crippen molar-refractivity contribution in [3.63, 3.8) is 0 Å². The summed E-state index contributed by atoms with van der Waals surface area (Å²) >= 11 is 1.76. The van der Waals surface area contributed by atoms with Crippen molar-refractivity contribution in [1.82, 2.24) is 9.88 Å². The summed E-state index contributed by atoms with van der Waals surface area (Å²) in [5.41, 5.74) is 5.99. The van der Waals surface area contributed by atoms with Crippen LogP contribution in [0.3, 0.4) is 0 Å². The molecule has 0 saturated carbocycles. The minimum atomic E-state index is 0.228. The fraction of sp³-hybridized carbons (Fsp3) is 0.391. The SMILES string of the molecule is CCc1cccc2sc(N3CCN(C(=O)Cc4cc(C)ccc4C)CC3)nc12. The van der Waals surface area contributed by atoms with Crippen molar-refractivity contribution in [2.24, 2.45) is 0 Å². The zero-order valence-corrected chi connectivity index (χ0v) is 17.7. The van der Waals surface area contributed by atoms with Crippen LogP contribution in [0.5, 0.6) is 0 Å². The normalized spacial score (nSPS) is 14.7. The van der Waals surface area contributed by atoms with Crippen LogP contribution < -0.4 is 4.90 Å². The first-order valence-corrected chi connectivity index (χ1v) is 10.8. The van der Waals surface area contributed by atoms with Gasteiger partial charge in [0.1, 0.15) is 0 Å². The average molecular weight is 394 g/mol. The Labute approximate surface area is 170 Å². The molecule has 1 aliphatic heterocycles. The topological polar surface area (TPSA) is 36.4 Å². The predicted molar refractivity (Wildman–Crippen MR) is 117 cm³/mol. The molecule has 5 heteroatoms. The molecule has 2 aromatic carbocycles. The maximum Gasteiger partial charge on any atom is 0.227 e. The van der Waals surface area contributed by atoms with E-state index in [9.17, 15) is 4.79 Å². The third-order valence-electron chi connectivity index (χ3n) is 5.62. The van der Waals surface area contributed by atoms with Gasteiger partial charge >= 0.3 is 0 Å². The Balaban J connectivity index is 1.42. The molecule has 0 aliphatic carbocycles. The highest BCUT2D eigenvalue weighted by Gasteiger charge is 2.23. The number of para-hydroxylation sites is 1. The van der Waals surface area contributed by atoms with Crippen molar-refractivity contribution in [2.75, 3.05) is 31.1 Å². The van der Waals surface area contributed by atoms with E-state index in [0.29, 0.717) is 6.42 Å². The Morgan fingerprint density at radius 1 is 1.07 bits per heavy atom. The third kappa shape index (κ3) is 3.76. The second-order valence-corrected chi connectivity index (χ2v) is 8.60.